The molecule has 136 valence electrons. The second kappa shape index (κ2) is 7.19. The lowest BCUT2D eigenvalue weighted by Gasteiger charge is -2.16. The molecule has 0 aliphatic rings. The van der Waals surface area contributed by atoms with E-state index in [-0.39, 0.29) is 18.3 Å². The number of nitrogens with one attached hydrogen (secondary N) is 3. The summed E-state index contributed by atoms with van der Waals surface area (Å²) >= 11 is 0. The van der Waals surface area contributed by atoms with Gasteiger partial charge in [-0.15, -0.1) is 10.2 Å². The number of imidazole rings is 1. The van der Waals surface area contributed by atoms with Crippen LogP contribution in [0.3, 0.4) is 0 Å². The van der Waals surface area contributed by atoms with Crippen LogP contribution in [0.1, 0.15) is 12.8 Å². The molecule has 2 amide bonds. The van der Waals surface area contributed by atoms with E-state index in [2.05, 4.69) is 30.8 Å². The molecule has 11 nitrogen and oxygen atoms in total. The highest BCUT2D eigenvalue weighted by Crippen LogP contribution is 2.18. The van der Waals surface area contributed by atoms with Crippen molar-refractivity contribution in [3.8, 4) is 11.7 Å². The van der Waals surface area contributed by atoms with Gasteiger partial charge in [-0.25, -0.2) is 14.6 Å². The van der Waals surface area contributed by atoms with E-state index in [9.17, 15) is 14.7 Å². The summed E-state index contributed by atoms with van der Waals surface area (Å²) < 4.78 is 5.43. The Labute approximate surface area is 146 Å². The lowest BCUT2D eigenvalue weighted by molar-refractivity contribution is -0.141. The molecule has 2 aromatic heterocycles. The average Bonchev–Trinajstić information content (AvgIpc) is 3.23. The molecule has 26 heavy (non-hydrogen) atoms. The van der Waals surface area contributed by atoms with E-state index >= 15 is 0 Å². The van der Waals surface area contributed by atoms with Gasteiger partial charge in [-0.05, 0) is 19.1 Å². The van der Waals surface area contributed by atoms with Crippen LogP contribution < -0.4 is 10.6 Å². The number of carboxylic acids is 1. The molecular formula is C15H16N6O5. The molecule has 5 N–H and O–H groups in total. The molecule has 11 heteroatoms. The number of carbonyl (C=O) groups excluding carboxylic acids is 1. The fourth-order valence-electron chi connectivity index (χ4n) is 2.21. The summed E-state index contributed by atoms with van der Waals surface area (Å²) in [5.74, 6) is -0.681. The van der Waals surface area contributed by atoms with Crippen LogP contribution in [-0.2, 0) is 11.3 Å². The van der Waals surface area contributed by atoms with Crippen molar-refractivity contribution < 1.29 is 24.2 Å². The maximum absolute atomic E-state index is 11.7. The van der Waals surface area contributed by atoms with Crippen molar-refractivity contribution in [3.05, 3.63) is 30.2 Å². The lowest BCUT2D eigenvalue weighted by Crippen LogP contribution is -2.51. The first kappa shape index (κ1) is 17.4. The quantitative estimate of drug-likeness (QED) is 0.417. The molecule has 2 heterocycles. The fraction of sp³-hybridized carbons (Fsp3) is 0.267. The summed E-state index contributed by atoms with van der Waals surface area (Å²) in [7, 11) is 0. The highest BCUT2D eigenvalue weighted by molar-refractivity contribution is 5.82. The largest absolute Gasteiger partial charge is 0.480 e. The Kier molecular flexibility index (Phi) is 4.80. The average molecular weight is 360 g/mol. The highest BCUT2D eigenvalue weighted by atomic mass is 16.4. The van der Waals surface area contributed by atoms with Crippen LogP contribution in [0.2, 0.25) is 0 Å². The first-order valence-electron chi connectivity index (χ1n) is 7.67. The normalized spacial score (nSPS) is 13.3. The Morgan fingerprint density at radius 3 is 2.77 bits per heavy atom. The summed E-state index contributed by atoms with van der Waals surface area (Å²) in [4.78, 5) is 30.0. The van der Waals surface area contributed by atoms with Crippen molar-refractivity contribution in [2.24, 2.45) is 0 Å². The molecule has 0 aliphatic heterocycles. The molecule has 2 unspecified atom stereocenters. The van der Waals surface area contributed by atoms with E-state index in [1.165, 1.54) is 6.92 Å². The Balaban J connectivity index is 1.61. The van der Waals surface area contributed by atoms with Crippen LogP contribution in [0.4, 0.5) is 4.79 Å². The van der Waals surface area contributed by atoms with E-state index in [1.54, 1.807) is 0 Å². The maximum Gasteiger partial charge on any atom is 0.328 e. The number of aliphatic carboxylic acids is 1. The number of aromatic nitrogens is 4. The van der Waals surface area contributed by atoms with Crippen LogP contribution in [-0.4, -0.2) is 54.5 Å². The Morgan fingerprint density at radius 1 is 1.31 bits per heavy atom. The topological polar surface area (TPSA) is 166 Å². The van der Waals surface area contributed by atoms with E-state index in [0.29, 0.717) is 5.82 Å². The van der Waals surface area contributed by atoms with Crippen molar-refractivity contribution in [2.45, 2.75) is 25.6 Å². The first-order chi connectivity index (χ1) is 12.4. The minimum Gasteiger partial charge on any atom is -0.480 e. The highest BCUT2D eigenvalue weighted by Gasteiger charge is 2.25. The standard InChI is InChI=1S/C15H16N6O5/c1-7(22)11(14(23)24)19-15(25)16-6-10-20-21-13(26-10)12-17-8-4-2-3-5-9(8)18-12/h2-5,7,11,22H,6H2,1H3,(H,17,18)(H,23,24)(H2,16,19,25). The van der Waals surface area contributed by atoms with Crippen LogP contribution in [0.5, 0.6) is 0 Å². The number of urea groups is 1. The van der Waals surface area contributed by atoms with Gasteiger partial charge in [0.25, 0.3) is 5.89 Å². The number of aliphatic hydroxyl groups excluding tert-OH is 1. The third-order valence-electron chi connectivity index (χ3n) is 3.49. The van der Waals surface area contributed by atoms with Gasteiger partial charge in [-0.3, -0.25) is 0 Å². The number of H-pyrrole nitrogens is 1. The number of amides is 2. The molecule has 0 aliphatic carbocycles. The zero-order chi connectivity index (χ0) is 18.7. The van der Waals surface area contributed by atoms with Gasteiger partial charge in [-0.2, -0.15) is 0 Å². The number of hydrogen-bond donors (Lipinski definition) is 5. The van der Waals surface area contributed by atoms with Gasteiger partial charge in [0.05, 0.1) is 23.7 Å². The van der Waals surface area contributed by atoms with Gasteiger partial charge in [-0.1, -0.05) is 12.1 Å². The van der Waals surface area contributed by atoms with Gasteiger partial charge >= 0.3 is 12.0 Å². The van der Waals surface area contributed by atoms with Crippen molar-refractivity contribution >= 4 is 23.0 Å². The number of aromatic amines is 1. The zero-order valence-electron chi connectivity index (χ0n) is 13.6. The fourth-order valence-corrected chi connectivity index (χ4v) is 2.21. The molecule has 0 fully saturated rings. The Bertz CT molecular complexity index is 900. The summed E-state index contributed by atoms with van der Waals surface area (Å²) in [6, 6.07) is 5.19. The van der Waals surface area contributed by atoms with Gasteiger partial charge in [0.2, 0.25) is 5.89 Å². The molecule has 3 aromatic rings. The number of para-hydroxylation sites is 2. The predicted octanol–water partition coefficient (Wildman–Crippen LogP) is 0.246. The molecule has 0 saturated carbocycles. The number of carboxylic acid groups (broad SMARTS) is 1. The number of fused-ring (bicyclic) bond motifs is 1. The van der Waals surface area contributed by atoms with Crippen molar-refractivity contribution in [1.29, 1.82) is 0 Å². The summed E-state index contributed by atoms with van der Waals surface area (Å²) in [5, 5.41) is 30.4. The number of hydrogen-bond acceptors (Lipinski definition) is 7. The molecule has 0 radical (unpaired) electrons. The number of carbonyl (C=O) groups is 2. The van der Waals surface area contributed by atoms with Crippen LogP contribution in [0, 0.1) is 0 Å². The van der Waals surface area contributed by atoms with Crippen molar-refractivity contribution in [1.82, 2.24) is 30.8 Å². The SMILES string of the molecule is CC(O)C(NC(=O)NCc1nnc(-c2nc3ccccc3[nH]2)o1)C(=O)O. The second-order valence-electron chi connectivity index (χ2n) is 5.49. The maximum atomic E-state index is 11.7. The van der Waals surface area contributed by atoms with Gasteiger partial charge < -0.3 is 30.2 Å². The van der Waals surface area contributed by atoms with Crippen LogP contribution >= 0.6 is 0 Å². The van der Waals surface area contributed by atoms with Gasteiger partial charge in [0.15, 0.2) is 11.9 Å². The smallest absolute Gasteiger partial charge is 0.328 e. The van der Waals surface area contributed by atoms with E-state index in [0.717, 1.165) is 11.0 Å². The van der Waals surface area contributed by atoms with Crippen molar-refractivity contribution in [2.75, 3.05) is 0 Å². The van der Waals surface area contributed by atoms with Crippen LogP contribution in [0.15, 0.2) is 28.7 Å². The van der Waals surface area contributed by atoms with E-state index < -0.39 is 24.1 Å². The third-order valence-corrected chi connectivity index (χ3v) is 3.49. The number of nitrogens with zero attached hydrogens (tertiary/aromatic N) is 3. The summed E-state index contributed by atoms with van der Waals surface area (Å²) in [5.41, 5.74) is 1.56. The second-order valence-corrected chi connectivity index (χ2v) is 5.49. The molecule has 3 rings (SSSR count). The molecule has 0 saturated heterocycles. The lowest BCUT2D eigenvalue weighted by atomic mass is 10.2. The minimum atomic E-state index is -1.43. The number of rotatable bonds is 6. The molecule has 0 bridgehead atoms. The van der Waals surface area contributed by atoms with E-state index in [4.69, 9.17) is 9.52 Å². The van der Waals surface area contributed by atoms with Gasteiger partial charge in [0.1, 0.15) is 0 Å². The summed E-state index contributed by atoms with van der Waals surface area (Å²) in [6.07, 6.45) is -1.25. The molecule has 1 aromatic carbocycles. The number of aliphatic hydroxyl groups is 1. The predicted molar refractivity (Wildman–Crippen MR) is 87.9 cm³/mol. The first-order valence-corrected chi connectivity index (χ1v) is 7.67. The van der Waals surface area contributed by atoms with Gasteiger partial charge in [0, 0.05) is 0 Å². The number of benzene rings is 1. The zero-order valence-corrected chi connectivity index (χ0v) is 13.6. The molecule has 0 spiro atoms. The summed E-state index contributed by atoms with van der Waals surface area (Å²) in [6.45, 7) is 1.14. The van der Waals surface area contributed by atoms with Crippen molar-refractivity contribution in [3.63, 3.8) is 0 Å². The van der Waals surface area contributed by atoms with Crippen LogP contribution in [0.25, 0.3) is 22.7 Å². The monoisotopic (exact) mass is 360 g/mol. The third kappa shape index (κ3) is 3.78. The molecular weight excluding hydrogens is 344 g/mol. The van der Waals surface area contributed by atoms with E-state index in [1.807, 2.05) is 24.3 Å². The minimum absolute atomic E-state index is 0.111. The Hall–Kier alpha value is -3.47. The Morgan fingerprint density at radius 2 is 2.08 bits per heavy atom. The molecule has 2 atom stereocenters.